The fraction of sp³-hybridized carbons (Fsp3) is 0.855. The second-order valence-electron chi connectivity index (χ2n) is 23.5. The van der Waals surface area contributed by atoms with Crippen molar-refractivity contribution in [3.8, 4) is 0 Å². The van der Waals surface area contributed by atoms with Gasteiger partial charge in [-0.05, 0) is 77.0 Å². The van der Waals surface area contributed by atoms with Crippen LogP contribution in [-0.4, -0.2) is 100 Å². The summed E-state index contributed by atoms with van der Waals surface area (Å²) < 4.78 is 16.7. The molecule has 1 heterocycles. The quantitative estimate of drug-likeness (QED) is 0.0195. The fourth-order valence-electron chi connectivity index (χ4n) is 10.5. The Balaban J connectivity index is 1.96. The lowest BCUT2D eigenvalue weighted by Gasteiger charge is -2.40. The average molecular weight is 1130 g/mol. The standard InChI is InChI=1S/C69H127NO10/c1-3-5-7-9-11-13-14-15-16-17-28-31-34-37-41-45-49-53-57-65(74)78-58-54-50-46-42-38-35-32-29-26-24-22-20-18-19-21-23-25-27-30-33-36-40-44-48-52-56-64(73)70-61(62(72)55-51-47-43-39-12-10-8-6-4-2)60-79-69-68(77)67(76)66(75)63(59-71)80-69/h12,19-22,39,51,55,61-63,66-69,71-72,75-77H,3-11,13-18,23-38,40-50,52-54,56-60H2,1-2H3,(H,70,73)/b21-19-,22-20-,39-12+,55-51+. The highest BCUT2D eigenvalue weighted by atomic mass is 16.7. The van der Waals surface area contributed by atoms with Crippen LogP contribution in [-0.2, 0) is 23.8 Å². The number of unbranched alkanes of at least 4 members (excludes halogenated alkanes) is 39. The van der Waals surface area contributed by atoms with Crippen LogP contribution in [0.3, 0.4) is 0 Å². The molecule has 1 rings (SSSR count). The van der Waals surface area contributed by atoms with Gasteiger partial charge in [0.2, 0.25) is 5.91 Å². The number of aliphatic hydroxyl groups excluding tert-OH is 5. The number of hydrogen-bond donors (Lipinski definition) is 6. The number of allylic oxidation sites excluding steroid dienone is 7. The summed E-state index contributed by atoms with van der Waals surface area (Å²) in [6, 6.07) is -0.831. The lowest BCUT2D eigenvalue weighted by atomic mass is 9.99. The molecule has 11 heteroatoms. The maximum Gasteiger partial charge on any atom is 0.305 e. The molecule has 0 radical (unpaired) electrons. The van der Waals surface area contributed by atoms with Crippen LogP contribution in [0.4, 0.5) is 0 Å². The molecule has 6 N–H and O–H groups in total. The van der Waals surface area contributed by atoms with Gasteiger partial charge in [0.05, 0.1) is 32.0 Å². The number of nitrogens with one attached hydrogen (secondary N) is 1. The third-order valence-corrected chi connectivity index (χ3v) is 15.9. The van der Waals surface area contributed by atoms with Crippen molar-refractivity contribution >= 4 is 11.9 Å². The normalized spacial score (nSPS) is 18.6. The molecular formula is C69H127NO10. The average Bonchev–Trinajstić information content (AvgIpc) is 3.45. The molecule has 0 aromatic carbocycles. The van der Waals surface area contributed by atoms with E-state index in [2.05, 4.69) is 55.6 Å². The SMILES string of the molecule is CCCCC/C=C/CC/C=C/C(O)C(COC1OC(CO)C(O)C(O)C1O)NC(=O)CCCCCCCCCCC/C=C\C/C=C\CCCCCCCCCCCOC(=O)CCCCCCCCCCCCCCCCCCCC. The number of esters is 1. The maximum absolute atomic E-state index is 13.0. The molecule has 0 bridgehead atoms. The van der Waals surface area contributed by atoms with Gasteiger partial charge in [-0.1, -0.05) is 274 Å². The molecule has 11 nitrogen and oxygen atoms in total. The van der Waals surface area contributed by atoms with Crippen molar-refractivity contribution in [2.75, 3.05) is 19.8 Å². The van der Waals surface area contributed by atoms with Crippen molar-refractivity contribution in [2.45, 2.75) is 358 Å². The monoisotopic (exact) mass is 1130 g/mol. The van der Waals surface area contributed by atoms with E-state index in [0.717, 1.165) is 77.0 Å². The lowest BCUT2D eigenvalue weighted by molar-refractivity contribution is -0.302. The number of ether oxygens (including phenoxy) is 3. The summed E-state index contributed by atoms with van der Waals surface area (Å²) in [6.45, 7) is 4.29. The van der Waals surface area contributed by atoms with E-state index >= 15 is 0 Å². The van der Waals surface area contributed by atoms with Crippen LogP contribution >= 0.6 is 0 Å². The van der Waals surface area contributed by atoms with Gasteiger partial charge in [0, 0.05) is 12.8 Å². The van der Waals surface area contributed by atoms with E-state index in [1.165, 1.54) is 212 Å². The molecule has 0 aromatic rings. The zero-order valence-corrected chi connectivity index (χ0v) is 51.8. The van der Waals surface area contributed by atoms with Gasteiger partial charge in [-0.3, -0.25) is 9.59 Å². The molecule has 1 aliphatic heterocycles. The molecule has 0 saturated carbocycles. The van der Waals surface area contributed by atoms with Crippen molar-refractivity contribution in [3.63, 3.8) is 0 Å². The van der Waals surface area contributed by atoms with Crippen molar-refractivity contribution in [1.29, 1.82) is 0 Å². The highest BCUT2D eigenvalue weighted by molar-refractivity contribution is 5.76. The molecule has 1 aliphatic rings. The van der Waals surface area contributed by atoms with E-state index in [1.807, 2.05) is 6.08 Å². The van der Waals surface area contributed by atoms with E-state index in [4.69, 9.17) is 14.2 Å². The first-order valence-corrected chi connectivity index (χ1v) is 33.9. The largest absolute Gasteiger partial charge is 0.466 e. The third kappa shape index (κ3) is 47.0. The van der Waals surface area contributed by atoms with E-state index in [9.17, 15) is 35.1 Å². The summed E-state index contributed by atoms with van der Waals surface area (Å²) in [5.74, 6) is -0.198. The van der Waals surface area contributed by atoms with Crippen LogP contribution in [0.2, 0.25) is 0 Å². The van der Waals surface area contributed by atoms with Crippen LogP contribution in [0.1, 0.15) is 316 Å². The van der Waals surface area contributed by atoms with E-state index < -0.39 is 49.5 Å². The van der Waals surface area contributed by atoms with Crippen molar-refractivity contribution in [1.82, 2.24) is 5.32 Å². The summed E-state index contributed by atoms with van der Waals surface area (Å²) in [5.41, 5.74) is 0. The fourth-order valence-corrected chi connectivity index (χ4v) is 10.5. The zero-order chi connectivity index (χ0) is 58.0. The minimum atomic E-state index is -1.58. The molecule has 468 valence electrons. The number of hydrogen-bond acceptors (Lipinski definition) is 10. The Bertz CT molecular complexity index is 1470. The van der Waals surface area contributed by atoms with E-state index in [1.54, 1.807) is 6.08 Å². The van der Waals surface area contributed by atoms with Crippen LogP contribution in [0.15, 0.2) is 48.6 Å². The molecule has 80 heavy (non-hydrogen) atoms. The molecule has 1 amide bonds. The van der Waals surface area contributed by atoms with Gasteiger partial charge < -0.3 is 45.1 Å². The highest BCUT2D eigenvalue weighted by Gasteiger charge is 2.44. The number of amides is 1. The Morgan fingerprint density at radius 2 is 0.850 bits per heavy atom. The van der Waals surface area contributed by atoms with Crippen LogP contribution in [0.5, 0.6) is 0 Å². The summed E-state index contributed by atoms with van der Waals surface area (Å²) in [7, 11) is 0. The Hall–Kier alpha value is -2.38. The van der Waals surface area contributed by atoms with Crippen LogP contribution in [0, 0.1) is 0 Å². The molecule has 0 aromatic heterocycles. The van der Waals surface area contributed by atoms with Crippen molar-refractivity contribution in [3.05, 3.63) is 48.6 Å². The van der Waals surface area contributed by atoms with Crippen LogP contribution in [0.25, 0.3) is 0 Å². The van der Waals surface area contributed by atoms with Gasteiger partial charge in [0.1, 0.15) is 24.4 Å². The molecule has 0 aliphatic carbocycles. The summed E-state index contributed by atoms with van der Waals surface area (Å²) in [5, 5.41) is 54.2. The molecule has 1 fully saturated rings. The predicted molar refractivity (Wildman–Crippen MR) is 334 cm³/mol. The molecule has 0 spiro atoms. The molecule has 7 atom stereocenters. The molecule has 1 saturated heterocycles. The number of carbonyl (C=O) groups is 2. The number of aliphatic hydroxyl groups is 5. The summed E-state index contributed by atoms with van der Waals surface area (Å²) >= 11 is 0. The second-order valence-corrected chi connectivity index (χ2v) is 23.5. The van der Waals surface area contributed by atoms with Gasteiger partial charge in [0.25, 0.3) is 0 Å². The van der Waals surface area contributed by atoms with Crippen LogP contribution < -0.4 is 5.32 Å². The Morgan fingerprint density at radius 3 is 1.34 bits per heavy atom. The van der Waals surface area contributed by atoms with Gasteiger partial charge in [-0.25, -0.2) is 0 Å². The molecule has 7 unspecified atom stereocenters. The first-order chi connectivity index (χ1) is 39.2. The summed E-state index contributed by atoms with van der Waals surface area (Å²) in [4.78, 5) is 25.1. The Morgan fingerprint density at radius 1 is 0.463 bits per heavy atom. The van der Waals surface area contributed by atoms with Gasteiger partial charge in [-0.2, -0.15) is 0 Å². The first-order valence-electron chi connectivity index (χ1n) is 33.9. The number of carbonyl (C=O) groups excluding carboxylic acids is 2. The predicted octanol–water partition coefficient (Wildman–Crippen LogP) is 16.8. The van der Waals surface area contributed by atoms with Gasteiger partial charge in [0.15, 0.2) is 6.29 Å². The maximum atomic E-state index is 13.0. The van der Waals surface area contributed by atoms with Crippen molar-refractivity contribution in [2.24, 2.45) is 0 Å². The van der Waals surface area contributed by atoms with Gasteiger partial charge in [-0.15, -0.1) is 0 Å². The van der Waals surface area contributed by atoms with Crippen molar-refractivity contribution < 1.29 is 49.3 Å². The Kier molecular flexibility index (Phi) is 55.2. The minimum Gasteiger partial charge on any atom is -0.466 e. The van der Waals surface area contributed by atoms with Gasteiger partial charge >= 0.3 is 5.97 Å². The lowest BCUT2D eigenvalue weighted by Crippen LogP contribution is -2.60. The highest BCUT2D eigenvalue weighted by Crippen LogP contribution is 2.23. The number of rotatable bonds is 59. The smallest absolute Gasteiger partial charge is 0.305 e. The van der Waals surface area contributed by atoms with E-state index in [-0.39, 0.29) is 18.5 Å². The summed E-state index contributed by atoms with van der Waals surface area (Å²) in [6.07, 6.45) is 65.4. The second kappa shape index (κ2) is 58.4. The Labute approximate surface area is 491 Å². The third-order valence-electron chi connectivity index (χ3n) is 15.9. The van der Waals surface area contributed by atoms with E-state index in [0.29, 0.717) is 19.4 Å². The molecular weight excluding hydrogens is 1000 g/mol. The zero-order valence-electron chi connectivity index (χ0n) is 51.8. The first kappa shape index (κ1) is 75.6. The minimum absolute atomic E-state index is 0.00230. The topological polar surface area (TPSA) is 175 Å².